The molecule has 8 heavy (non-hydrogen) atoms. The highest BCUT2D eigenvalue weighted by atomic mass is 32.2. The molecule has 1 atom stereocenters. The van der Waals surface area contributed by atoms with Crippen LogP contribution in [0.1, 0.15) is 6.92 Å². The van der Waals surface area contributed by atoms with E-state index in [1.165, 1.54) is 18.9 Å². The summed E-state index contributed by atoms with van der Waals surface area (Å²) in [6.45, 7) is 1.73. The summed E-state index contributed by atoms with van der Waals surface area (Å²) in [5, 5.41) is 0. The van der Waals surface area contributed by atoms with Gasteiger partial charge in [0.25, 0.3) is 0 Å². The van der Waals surface area contributed by atoms with Crippen LogP contribution >= 0.6 is 11.8 Å². The van der Waals surface area contributed by atoms with Crippen molar-refractivity contribution < 1.29 is 9.53 Å². The third kappa shape index (κ3) is 1.84. The Bertz CT molecular complexity index is 78.5. The van der Waals surface area contributed by atoms with Crippen molar-refractivity contribution in [1.82, 2.24) is 0 Å². The largest absolute Gasteiger partial charge is 0.361 e. The number of hydrogen-bond donors (Lipinski definition) is 0. The lowest BCUT2D eigenvalue weighted by Gasteiger charge is -2.16. The maximum absolute atomic E-state index is 10.1. The molecule has 48 valence electrons. The molecule has 0 fully saturated rings. The van der Waals surface area contributed by atoms with E-state index in [4.69, 9.17) is 4.74 Å². The molecule has 0 heterocycles. The Morgan fingerprint density at radius 3 is 2.25 bits per heavy atom. The third-order valence-electron chi connectivity index (χ3n) is 1.02. The molecule has 0 aliphatic carbocycles. The molecule has 2 nitrogen and oxygen atoms in total. The van der Waals surface area contributed by atoms with Crippen LogP contribution in [-0.4, -0.2) is 24.6 Å². The molecular weight excluding hydrogens is 124 g/mol. The van der Waals surface area contributed by atoms with Crippen molar-refractivity contribution in [2.75, 3.05) is 13.4 Å². The highest BCUT2D eigenvalue weighted by molar-refractivity contribution is 8.00. The van der Waals surface area contributed by atoms with Gasteiger partial charge < -0.3 is 4.74 Å². The molecule has 0 rings (SSSR count). The highest BCUT2D eigenvalue weighted by Crippen LogP contribution is 2.18. The average Bonchev–Trinajstić information content (AvgIpc) is 1.87. The predicted molar refractivity (Wildman–Crippen MR) is 35.0 cm³/mol. The van der Waals surface area contributed by atoms with Crippen molar-refractivity contribution in [1.29, 1.82) is 0 Å². The number of ether oxygens (including phenoxy) is 1. The lowest BCUT2D eigenvalue weighted by Crippen LogP contribution is -2.23. The zero-order valence-corrected chi connectivity index (χ0v) is 6.12. The first kappa shape index (κ1) is 7.98. The quantitative estimate of drug-likeness (QED) is 0.424. The highest BCUT2D eigenvalue weighted by Gasteiger charge is 2.19. The molecule has 3 heteroatoms. The lowest BCUT2D eigenvalue weighted by molar-refractivity contribution is -0.117. The van der Waals surface area contributed by atoms with Gasteiger partial charge in [-0.3, -0.25) is 4.79 Å². The number of thioether (sulfide) groups is 1. The molecule has 1 unspecified atom stereocenters. The molecule has 0 saturated carbocycles. The van der Waals surface area contributed by atoms with E-state index in [-0.39, 0.29) is 0 Å². The van der Waals surface area contributed by atoms with Crippen LogP contribution in [0.3, 0.4) is 0 Å². The van der Waals surface area contributed by atoms with E-state index in [9.17, 15) is 4.79 Å². The standard InChI is InChI=1S/C5H10O2S/c1-5(4-6,7-2)8-3/h4H,1-3H3. The summed E-state index contributed by atoms with van der Waals surface area (Å²) in [7, 11) is 1.52. The van der Waals surface area contributed by atoms with E-state index in [1.807, 2.05) is 6.26 Å². The summed E-state index contributed by atoms with van der Waals surface area (Å²) in [6, 6.07) is 0. The second-order valence-corrected chi connectivity index (χ2v) is 2.76. The molecule has 0 aromatic rings. The van der Waals surface area contributed by atoms with Gasteiger partial charge in [-0.15, -0.1) is 11.8 Å². The van der Waals surface area contributed by atoms with E-state index in [2.05, 4.69) is 0 Å². The zero-order valence-electron chi connectivity index (χ0n) is 5.30. The van der Waals surface area contributed by atoms with Crippen LogP contribution in [0.25, 0.3) is 0 Å². The van der Waals surface area contributed by atoms with Gasteiger partial charge in [-0.2, -0.15) is 0 Å². The zero-order chi connectivity index (χ0) is 6.62. The second kappa shape index (κ2) is 3.10. The molecule has 0 radical (unpaired) electrons. The number of hydrogen-bond acceptors (Lipinski definition) is 3. The van der Waals surface area contributed by atoms with Crippen molar-refractivity contribution in [3.63, 3.8) is 0 Å². The lowest BCUT2D eigenvalue weighted by atomic mass is 10.4. The van der Waals surface area contributed by atoms with Crippen LogP contribution in [0.4, 0.5) is 0 Å². The SMILES string of the molecule is COC(C)(C=O)SC. The molecule has 0 N–H and O–H groups in total. The Labute approximate surface area is 53.6 Å². The smallest absolute Gasteiger partial charge is 0.165 e. The first-order chi connectivity index (χ1) is 3.68. The Kier molecular flexibility index (Phi) is 3.09. The molecule has 0 aromatic carbocycles. The van der Waals surface area contributed by atoms with E-state index in [0.29, 0.717) is 0 Å². The topological polar surface area (TPSA) is 26.3 Å². The van der Waals surface area contributed by atoms with E-state index in [0.717, 1.165) is 6.29 Å². The van der Waals surface area contributed by atoms with Crippen LogP contribution in [0.5, 0.6) is 0 Å². The average molecular weight is 134 g/mol. The van der Waals surface area contributed by atoms with E-state index in [1.54, 1.807) is 6.92 Å². The summed E-state index contributed by atoms with van der Waals surface area (Å²) in [4.78, 5) is 9.50. The van der Waals surface area contributed by atoms with Crippen molar-refractivity contribution in [2.24, 2.45) is 0 Å². The minimum atomic E-state index is -0.639. The van der Waals surface area contributed by atoms with E-state index >= 15 is 0 Å². The Hall–Kier alpha value is -0.0200. The summed E-state index contributed by atoms with van der Waals surface area (Å²) in [5.74, 6) is 0. The fraction of sp³-hybridized carbons (Fsp3) is 0.800. The van der Waals surface area contributed by atoms with Crippen LogP contribution in [0.15, 0.2) is 0 Å². The van der Waals surface area contributed by atoms with Gasteiger partial charge >= 0.3 is 0 Å². The van der Waals surface area contributed by atoms with Gasteiger partial charge in [-0.25, -0.2) is 0 Å². The third-order valence-corrected chi connectivity index (χ3v) is 2.10. The summed E-state index contributed by atoms with van der Waals surface area (Å²) < 4.78 is 4.83. The molecule has 0 spiro atoms. The van der Waals surface area contributed by atoms with Gasteiger partial charge in [0, 0.05) is 7.11 Å². The van der Waals surface area contributed by atoms with Gasteiger partial charge in [0.1, 0.15) is 0 Å². The number of aldehydes is 1. The fourth-order valence-electron chi connectivity index (χ4n) is 0.180. The number of carbonyl (C=O) groups excluding carboxylic acids is 1. The first-order valence-electron chi connectivity index (χ1n) is 2.25. The van der Waals surface area contributed by atoms with Crippen LogP contribution in [0.2, 0.25) is 0 Å². The number of carbonyl (C=O) groups is 1. The van der Waals surface area contributed by atoms with Gasteiger partial charge in [-0.05, 0) is 13.2 Å². The van der Waals surface area contributed by atoms with Gasteiger partial charge in [0.15, 0.2) is 11.2 Å². The molecule has 0 aliphatic heterocycles. The summed E-state index contributed by atoms with van der Waals surface area (Å²) >= 11 is 1.38. The van der Waals surface area contributed by atoms with Crippen molar-refractivity contribution in [3.05, 3.63) is 0 Å². The summed E-state index contributed by atoms with van der Waals surface area (Å²) in [6.07, 6.45) is 2.62. The molecule has 0 aliphatic rings. The Morgan fingerprint density at radius 2 is 2.25 bits per heavy atom. The molecule has 0 bridgehead atoms. The van der Waals surface area contributed by atoms with Gasteiger partial charge in [0.05, 0.1) is 0 Å². The Balaban J connectivity index is 3.76. The maximum Gasteiger partial charge on any atom is 0.165 e. The monoisotopic (exact) mass is 134 g/mol. The number of methoxy groups -OCH3 is 1. The minimum Gasteiger partial charge on any atom is -0.361 e. The van der Waals surface area contributed by atoms with Crippen molar-refractivity contribution in [2.45, 2.75) is 11.9 Å². The van der Waals surface area contributed by atoms with Crippen molar-refractivity contribution >= 4 is 18.0 Å². The van der Waals surface area contributed by atoms with Gasteiger partial charge in [0.2, 0.25) is 0 Å². The molecule has 0 saturated heterocycles. The molecular formula is C5H10O2S. The van der Waals surface area contributed by atoms with Crippen LogP contribution < -0.4 is 0 Å². The second-order valence-electron chi connectivity index (χ2n) is 1.54. The normalized spacial score (nSPS) is 17.4. The molecule has 0 aromatic heterocycles. The van der Waals surface area contributed by atoms with Crippen molar-refractivity contribution in [3.8, 4) is 0 Å². The maximum atomic E-state index is 10.1. The van der Waals surface area contributed by atoms with Gasteiger partial charge in [-0.1, -0.05) is 0 Å². The first-order valence-corrected chi connectivity index (χ1v) is 3.47. The van der Waals surface area contributed by atoms with Crippen LogP contribution in [-0.2, 0) is 9.53 Å². The predicted octanol–water partition coefficient (Wildman–Crippen LogP) is 0.911. The minimum absolute atomic E-state index is 0.639. The Morgan fingerprint density at radius 1 is 1.75 bits per heavy atom. The molecule has 0 amide bonds. The fourth-order valence-corrected chi connectivity index (χ4v) is 0.442. The number of rotatable bonds is 3. The van der Waals surface area contributed by atoms with Crippen LogP contribution in [0, 0.1) is 0 Å². The van der Waals surface area contributed by atoms with E-state index < -0.39 is 4.93 Å². The summed E-state index contributed by atoms with van der Waals surface area (Å²) in [5.41, 5.74) is 0.